The molecule has 1 aromatic heterocycles. The zero-order valence-corrected chi connectivity index (χ0v) is 11.5. The highest BCUT2D eigenvalue weighted by Crippen LogP contribution is 2.16. The fraction of sp³-hybridized carbons (Fsp3) is 0.636. The third kappa shape index (κ3) is 4.12. The van der Waals surface area contributed by atoms with E-state index < -0.39 is 0 Å². The van der Waals surface area contributed by atoms with E-state index in [1.54, 1.807) is 6.20 Å². The van der Waals surface area contributed by atoms with E-state index >= 15 is 0 Å². The van der Waals surface area contributed by atoms with E-state index in [1.807, 2.05) is 0 Å². The SMILES string of the molecule is CCCCCNc1cnn(CCO)c(=O)c1Br. The molecule has 0 atom stereocenters. The molecule has 0 aromatic carbocycles. The van der Waals surface area contributed by atoms with Crippen molar-refractivity contribution in [3.05, 3.63) is 21.0 Å². The first kappa shape index (κ1) is 14.2. The second-order valence-corrected chi connectivity index (χ2v) is 4.55. The number of unbranched alkanes of at least 4 members (excludes halogenated alkanes) is 2. The second kappa shape index (κ2) is 7.45. The highest BCUT2D eigenvalue weighted by atomic mass is 79.9. The maximum Gasteiger partial charge on any atom is 0.283 e. The molecule has 96 valence electrons. The number of hydrogen-bond donors (Lipinski definition) is 2. The fourth-order valence-electron chi connectivity index (χ4n) is 1.44. The summed E-state index contributed by atoms with van der Waals surface area (Å²) in [4.78, 5) is 11.8. The summed E-state index contributed by atoms with van der Waals surface area (Å²) in [6.45, 7) is 3.10. The summed E-state index contributed by atoms with van der Waals surface area (Å²) in [6, 6.07) is 0. The molecule has 0 aliphatic carbocycles. The van der Waals surface area contributed by atoms with Crippen molar-refractivity contribution in [3.8, 4) is 0 Å². The molecule has 17 heavy (non-hydrogen) atoms. The van der Waals surface area contributed by atoms with Crippen molar-refractivity contribution in [2.45, 2.75) is 32.7 Å². The molecule has 1 heterocycles. The van der Waals surface area contributed by atoms with E-state index in [9.17, 15) is 4.79 Å². The molecule has 0 unspecified atom stereocenters. The van der Waals surface area contributed by atoms with Crippen LogP contribution in [0.2, 0.25) is 0 Å². The van der Waals surface area contributed by atoms with Gasteiger partial charge in [0.25, 0.3) is 5.56 Å². The number of aromatic nitrogens is 2. The zero-order valence-electron chi connectivity index (χ0n) is 9.95. The van der Waals surface area contributed by atoms with Gasteiger partial charge in [-0.15, -0.1) is 0 Å². The Bertz CT molecular complexity index is 406. The van der Waals surface area contributed by atoms with Gasteiger partial charge in [0, 0.05) is 6.54 Å². The Hall–Kier alpha value is -0.880. The topological polar surface area (TPSA) is 67.2 Å². The van der Waals surface area contributed by atoms with Crippen LogP contribution in [-0.2, 0) is 6.54 Å². The Morgan fingerprint density at radius 2 is 2.29 bits per heavy atom. The van der Waals surface area contributed by atoms with Crippen molar-refractivity contribution in [2.24, 2.45) is 0 Å². The quantitative estimate of drug-likeness (QED) is 0.751. The lowest BCUT2D eigenvalue weighted by Crippen LogP contribution is -2.26. The summed E-state index contributed by atoms with van der Waals surface area (Å²) in [5, 5.41) is 15.9. The minimum absolute atomic E-state index is 0.0946. The highest BCUT2D eigenvalue weighted by Gasteiger charge is 2.07. The molecule has 0 aliphatic heterocycles. The number of halogens is 1. The Labute approximate surface area is 109 Å². The van der Waals surface area contributed by atoms with Gasteiger partial charge in [0.2, 0.25) is 0 Å². The summed E-state index contributed by atoms with van der Waals surface area (Å²) in [5.74, 6) is 0. The van der Waals surface area contributed by atoms with E-state index in [0.717, 1.165) is 13.0 Å². The molecular weight excluding hydrogens is 286 g/mol. The number of rotatable bonds is 7. The van der Waals surface area contributed by atoms with Crippen LogP contribution in [0.15, 0.2) is 15.5 Å². The van der Waals surface area contributed by atoms with Gasteiger partial charge in [-0.25, -0.2) is 4.68 Å². The monoisotopic (exact) mass is 303 g/mol. The third-order valence-electron chi connectivity index (χ3n) is 2.39. The number of nitrogens with zero attached hydrogens (tertiary/aromatic N) is 2. The van der Waals surface area contributed by atoms with E-state index in [0.29, 0.717) is 10.2 Å². The zero-order chi connectivity index (χ0) is 12.7. The average Bonchev–Trinajstić information content (AvgIpc) is 2.33. The first-order valence-electron chi connectivity index (χ1n) is 5.81. The number of aliphatic hydroxyl groups is 1. The number of hydrogen-bond acceptors (Lipinski definition) is 4. The third-order valence-corrected chi connectivity index (χ3v) is 3.16. The molecule has 0 bridgehead atoms. The molecule has 5 nitrogen and oxygen atoms in total. The van der Waals surface area contributed by atoms with Gasteiger partial charge in [0.1, 0.15) is 4.47 Å². The van der Waals surface area contributed by atoms with Crippen molar-refractivity contribution in [1.82, 2.24) is 9.78 Å². The van der Waals surface area contributed by atoms with E-state index in [2.05, 4.69) is 33.3 Å². The fourth-order valence-corrected chi connectivity index (χ4v) is 1.89. The van der Waals surface area contributed by atoms with Crippen LogP contribution in [-0.4, -0.2) is 28.0 Å². The molecule has 0 radical (unpaired) electrons. The van der Waals surface area contributed by atoms with Gasteiger partial charge in [0.05, 0.1) is 25.0 Å². The van der Waals surface area contributed by atoms with Crippen LogP contribution in [0.25, 0.3) is 0 Å². The van der Waals surface area contributed by atoms with E-state index in [1.165, 1.54) is 17.5 Å². The lowest BCUT2D eigenvalue weighted by Gasteiger charge is -2.09. The molecule has 2 N–H and O–H groups in total. The molecular formula is C11H18BrN3O2. The molecule has 0 spiro atoms. The Morgan fingerprint density at radius 1 is 1.53 bits per heavy atom. The summed E-state index contributed by atoms with van der Waals surface area (Å²) < 4.78 is 1.71. The highest BCUT2D eigenvalue weighted by molar-refractivity contribution is 9.10. The van der Waals surface area contributed by atoms with Crippen LogP contribution >= 0.6 is 15.9 Å². The summed E-state index contributed by atoms with van der Waals surface area (Å²) in [6.07, 6.45) is 5.01. The number of anilines is 1. The standard InChI is InChI=1S/C11H18BrN3O2/c1-2-3-4-5-13-9-8-14-15(6-7-16)11(17)10(9)12/h8,13,16H,2-7H2,1H3. The maximum atomic E-state index is 11.8. The predicted molar refractivity (Wildman–Crippen MR) is 71.3 cm³/mol. The number of nitrogens with one attached hydrogen (secondary N) is 1. The van der Waals surface area contributed by atoms with Crippen LogP contribution in [0.3, 0.4) is 0 Å². The van der Waals surface area contributed by atoms with Gasteiger partial charge in [-0.05, 0) is 22.4 Å². The van der Waals surface area contributed by atoms with Crippen molar-refractivity contribution in [3.63, 3.8) is 0 Å². The van der Waals surface area contributed by atoms with Crippen LogP contribution in [0.5, 0.6) is 0 Å². The lowest BCUT2D eigenvalue weighted by atomic mass is 10.2. The molecule has 0 amide bonds. The van der Waals surface area contributed by atoms with Crippen molar-refractivity contribution in [1.29, 1.82) is 0 Å². The van der Waals surface area contributed by atoms with Crippen LogP contribution < -0.4 is 10.9 Å². The summed E-state index contributed by atoms with van der Waals surface area (Å²) in [7, 11) is 0. The first-order valence-corrected chi connectivity index (χ1v) is 6.60. The van der Waals surface area contributed by atoms with Gasteiger partial charge in [-0.2, -0.15) is 5.10 Å². The summed E-state index contributed by atoms with van der Waals surface area (Å²) in [5.41, 5.74) is 0.486. The van der Waals surface area contributed by atoms with Crippen LogP contribution in [0.4, 0.5) is 5.69 Å². The van der Waals surface area contributed by atoms with Gasteiger partial charge >= 0.3 is 0 Å². The van der Waals surface area contributed by atoms with Gasteiger partial charge in [0.15, 0.2) is 0 Å². The molecule has 6 heteroatoms. The molecule has 0 aliphatic rings. The minimum Gasteiger partial charge on any atom is -0.394 e. The smallest absolute Gasteiger partial charge is 0.283 e. The van der Waals surface area contributed by atoms with Crippen molar-refractivity contribution >= 4 is 21.6 Å². The Morgan fingerprint density at radius 3 is 2.94 bits per heavy atom. The molecule has 1 rings (SSSR count). The predicted octanol–water partition coefficient (Wildman–Crippen LogP) is 1.60. The number of aliphatic hydroxyl groups excluding tert-OH is 1. The van der Waals surface area contributed by atoms with Crippen molar-refractivity contribution in [2.75, 3.05) is 18.5 Å². The van der Waals surface area contributed by atoms with Gasteiger partial charge < -0.3 is 10.4 Å². The Kier molecular flexibility index (Phi) is 6.21. The molecule has 1 aromatic rings. The lowest BCUT2D eigenvalue weighted by molar-refractivity contribution is 0.266. The average molecular weight is 304 g/mol. The van der Waals surface area contributed by atoms with Crippen molar-refractivity contribution < 1.29 is 5.11 Å². The maximum absolute atomic E-state index is 11.8. The van der Waals surface area contributed by atoms with E-state index in [-0.39, 0.29) is 18.7 Å². The largest absolute Gasteiger partial charge is 0.394 e. The van der Waals surface area contributed by atoms with Gasteiger partial charge in [-0.3, -0.25) is 4.79 Å². The molecule has 0 fully saturated rings. The van der Waals surface area contributed by atoms with Crippen LogP contribution in [0, 0.1) is 0 Å². The minimum atomic E-state index is -0.223. The van der Waals surface area contributed by atoms with Crippen LogP contribution in [0.1, 0.15) is 26.2 Å². The normalized spacial score (nSPS) is 10.5. The summed E-state index contributed by atoms with van der Waals surface area (Å²) >= 11 is 3.25. The second-order valence-electron chi connectivity index (χ2n) is 3.76. The molecule has 0 saturated carbocycles. The molecule has 0 saturated heterocycles. The van der Waals surface area contributed by atoms with Gasteiger partial charge in [-0.1, -0.05) is 19.8 Å². The van der Waals surface area contributed by atoms with E-state index in [4.69, 9.17) is 5.11 Å². The Balaban J connectivity index is 2.68. The first-order chi connectivity index (χ1) is 8.20.